The third-order valence-corrected chi connectivity index (χ3v) is 2.71. The molecule has 4 nitrogen and oxygen atoms in total. The predicted molar refractivity (Wildman–Crippen MR) is 65.6 cm³/mol. The average Bonchev–Trinajstić information content (AvgIpc) is 2.82. The number of hydrogen-bond donors (Lipinski definition) is 2. The monoisotopic (exact) mass is 251 g/mol. The predicted octanol–water partition coefficient (Wildman–Crippen LogP) is 2.33. The van der Waals surface area contributed by atoms with Crippen LogP contribution in [-0.4, -0.2) is 17.4 Å². The van der Waals surface area contributed by atoms with Gasteiger partial charge in [0.25, 0.3) is 0 Å². The highest BCUT2D eigenvalue weighted by atomic mass is 32.1. The molecule has 1 aromatic carbocycles. The molecule has 0 saturated heterocycles. The van der Waals surface area contributed by atoms with E-state index in [0.29, 0.717) is 5.13 Å². The van der Waals surface area contributed by atoms with Crippen LogP contribution in [0.15, 0.2) is 35.8 Å². The fraction of sp³-hybridized carbons (Fsp3) is 0.0909. The minimum absolute atomic E-state index is 0.0574. The molecular formula is C11H10FN3OS. The molecule has 0 bridgehead atoms. The zero-order chi connectivity index (χ0) is 12.1. The molecule has 0 atom stereocenters. The van der Waals surface area contributed by atoms with Gasteiger partial charge in [-0.05, 0) is 12.1 Å². The summed E-state index contributed by atoms with van der Waals surface area (Å²) in [4.78, 5) is 15.5. The number of hydrogen-bond acceptors (Lipinski definition) is 4. The molecule has 0 aliphatic carbocycles. The molecule has 0 radical (unpaired) electrons. The summed E-state index contributed by atoms with van der Waals surface area (Å²) in [5.41, 5.74) is 0.179. The van der Waals surface area contributed by atoms with Crippen molar-refractivity contribution >= 4 is 28.1 Å². The molecule has 1 heterocycles. The smallest absolute Gasteiger partial charge is 0.243 e. The average molecular weight is 251 g/mol. The van der Waals surface area contributed by atoms with Crippen LogP contribution in [0.3, 0.4) is 0 Å². The van der Waals surface area contributed by atoms with Crippen molar-refractivity contribution in [3.05, 3.63) is 41.7 Å². The number of thiazole rings is 1. The molecule has 0 saturated carbocycles. The minimum atomic E-state index is -0.449. The number of nitrogens with zero attached hydrogens (tertiary/aromatic N) is 1. The summed E-state index contributed by atoms with van der Waals surface area (Å²) >= 11 is 1.40. The Morgan fingerprint density at radius 2 is 2.24 bits per heavy atom. The van der Waals surface area contributed by atoms with Gasteiger partial charge in [-0.3, -0.25) is 4.79 Å². The number of rotatable bonds is 4. The Kier molecular flexibility index (Phi) is 3.66. The summed E-state index contributed by atoms with van der Waals surface area (Å²) in [6.07, 6.45) is 1.64. The van der Waals surface area contributed by atoms with Gasteiger partial charge in [0.2, 0.25) is 5.91 Å². The topological polar surface area (TPSA) is 54.0 Å². The van der Waals surface area contributed by atoms with E-state index in [1.807, 2.05) is 0 Å². The zero-order valence-corrected chi connectivity index (χ0v) is 9.63. The molecule has 88 valence electrons. The number of aromatic nitrogens is 1. The fourth-order valence-corrected chi connectivity index (χ4v) is 1.75. The van der Waals surface area contributed by atoms with Gasteiger partial charge in [0, 0.05) is 11.6 Å². The van der Waals surface area contributed by atoms with Crippen molar-refractivity contribution in [2.24, 2.45) is 0 Å². The molecular weight excluding hydrogens is 241 g/mol. The Balaban J connectivity index is 1.87. The van der Waals surface area contributed by atoms with Crippen molar-refractivity contribution in [1.82, 2.24) is 4.98 Å². The number of halogens is 1. The Morgan fingerprint density at radius 1 is 1.41 bits per heavy atom. The van der Waals surface area contributed by atoms with Gasteiger partial charge in [-0.2, -0.15) is 0 Å². The number of nitrogens with one attached hydrogen (secondary N) is 2. The standard InChI is InChI=1S/C11H10FN3OS/c12-8-3-1-2-4-9(8)15-10(16)7-14-11-13-5-6-17-11/h1-6H,7H2,(H,13,14)(H,15,16). The van der Waals surface area contributed by atoms with Gasteiger partial charge in [0.05, 0.1) is 12.2 Å². The van der Waals surface area contributed by atoms with E-state index in [-0.39, 0.29) is 18.1 Å². The van der Waals surface area contributed by atoms with Crippen LogP contribution < -0.4 is 10.6 Å². The Morgan fingerprint density at radius 3 is 2.94 bits per heavy atom. The van der Waals surface area contributed by atoms with Gasteiger partial charge in [-0.15, -0.1) is 11.3 Å². The van der Waals surface area contributed by atoms with E-state index in [9.17, 15) is 9.18 Å². The number of benzene rings is 1. The first-order valence-corrected chi connectivity index (χ1v) is 5.81. The number of anilines is 2. The molecule has 0 fully saturated rings. The van der Waals surface area contributed by atoms with Crippen molar-refractivity contribution in [3.8, 4) is 0 Å². The van der Waals surface area contributed by atoms with Crippen LogP contribution in [0.2, 0.25) is 0 Å². The summed E-state index contributed by atoms with van der Waals surface area (Å²) in [7, 11) is 0. The van der Waals surface area contributed by atoms with E-state index in [2.05, 4.69) is 15.6 Å². The number of amides is 1. The van der Waals surface area contributed by atoms with E-state index < -0.39 is 5.82 Å². The number of para-hydroxylation sites is 1. The third kappa shape index (κ3) is 3.25. The van der Waals surface area contributed by atoms with E-state index in [0.717, 1.165) is 0 Å². The Hall–Kier alpha value is -1.95. The van der Waals surface area contributed by atoms with E-state index in [1.54, 1.807) is 23.7 Å². The second-order valence-electron chi connectivity index (χ2n) is 3.22. The first kappa shape index (κ1) is 11.5. The van der Waals surface area contributed by atoms with Crippen molar-refractivity contribution < 1.29 is 9.18 Å². The van der Waals surface area contributed by atoms with Gasteiger partial charge in [-0.1, -0.05) is 12.1 Å². The van der Waals surface area contributed by atoms with Gasteiger partial charge in [-0.25, -0.2) is 9.37 Å². The lowest BCUT2D eigenvalue weighted by atomic mass is 10.3. The van der Waals surface area contributed by atoms with Crippen LogP contribution in [0.5, 0.6) is 0 Å². The molecule has 17 heavy (non-hydrogen) atoms. The fourth-order valence-electron chi connectivity index (χ4n) is 1.22. The van der Waals surface area contributed by atoms with Crippen molar-refractivity contribution in [2.45, 2.75) is 0 Å². The molecule has 0 unspecified atom stereocenters. The number of carbonyl (C=O) groups excluding carboxylic acids is 1. The summed E-state index contributed by atoms with van der Waals surface area (Å²) < 4.78 is 13.2. The number of carbonyl (C=O) groups is 1. The quantitative estimate of drug-likeness (QED) is 0.877. The van der Waals surface area contributed by atoms with Crippen LogP contribution >= 0.6 is 11.3 Å². The zero-order valence-electron chi connectivity index (χ0n) is 8.81. The molecule has 1 aromatic heterocycles. The van der Waals surface area contributed by atoms with Gasteiger partial charge < -0.3 is 10.6 Å². The van der Waals surface area contributed by atoms with Crippen molar-refractivity contribution in [2.75, 3.05) is 17.2 Å². The second-order valence-corrected chi connectivity index (χ2v) is 4.11. The lowest BCUT2D eigenvalue weighted by molar-refractivity contribution is -0.114. The van der Waals surface area contributed by atoms with Crippen LogP contribution in [0.25, 0.3) is 0 Å². The molecule has 0 aliphatic heterocycles. The van der Waals surface area contributed by atoms with E-state index >= 15 is 0 Å². The first-order chi connectivity index (χ1) is 8.25. The van der Waals surface area contributed by atoms with Crippen LogP contribution in [0.1, 0.15) is 0 Å². The SMILES string of the molecule is O=C(CNc1nccs1)Nc1ccccc1F. The molecule has 6 heteroatoms. The van der Waals surface area contributed by atoms with Crippen molar-refractivity contribution in [3.63, 3.8) is 0 Å². The lowest BCUT2D eigenvalue weighted by Crippen LogP contribution is -2.22. The largest absolute Gasteiger partial charge is 0.352 e. The molecule has 2 aromatic rings. The molecule has 0 aliphatic rings. The highest BCUT2D eigenvalue weighted by Crippen LogP contribution is 2.13. The maximum absolute atomic E-state index is 13.2. The normalized spacial score (nSPS) is 9.94. The maximum Gasteiger partial charge on any atom is 0.243 e. The molecule has 2 rings (SSSR count). The highest BCUT2D eigenvalue weighted by Gasteiger charge is 2.06. The molecule has 2 N–H and O–H groups in total. The lowest BCUT2D eigenvalue weighted by Gasteiger charge is -2.06. The van der Waals surface area contributed by atoms with Gasteiger partial charge in [0.15, 0.2) is 5.13 Å². The summed E-state index contributed by atoms with van der Waals surface area (Å²) in [5, 5.41) is 7.77. The van der Waals surface area contributed by atoms with Crippen LogP contribution in [0.4, 0.5) is 15.2 Å². The molecule has 1 amide bonds. The summed E-state index contributed by atoms with van der Waals surface area (Å²) in [5.74, 6) is -0.764. The summed E-state index contributed by atoms with van der Waals surface area (Å²) in [6.45, 7) is 0.0574. The van der Waals surface area contributed by atoms with Crippen molar-refractivity contribution in [1.29, 1.82) is 0 Å². The van der Waals surface area contributed by atoms with E-state index in [4.69, 9.17) is 0 Å². The second kappa shape index (κ2) is 5.40. The maximum atomic E-state index is 13.2. The highest BCUT2D eigenvalue weighted by molar-refractivity contribution is 7.13. The van der Waals surface area contributed by atoms with Crippen LogP contribution in [-0.2, 0) is 4.79 Å². The van der Waals surface area contributed by atoms with Gasteiger partial charge >= 0.3 is 0 Å². The van der Waals surface area contributed by atoms with Gasteiger partial charge in [0.1, 0.15) is 5.82 Å². The third-order valence-electron chi connectivity index (χ3n) is 1.98. The Labute approximate surface area is 102 Å². The van der Waals surface area contributed by atoms with E-state index in [1.165, 1.54) is 23.5 Å². The first-order valence-electron chi connectivity index (χ1n) is 4.93. The Bertz CT molecular complexity index is 501. The minimum Gasteiger partial charge on any atom is -0.352 e. The van der Waals surface area contributed by atoms with Crippen LogP contribution in [0, 0.1) is 5.82 Å². The molecule has 0 spiro atoms. The summed E-state index contributed by atoms with van der Waals surface area (Å²) in [6, 6.07) is 6.03.